The Bertz CT molecular complexity index is 1190. The summed E-state index contributed by atoms with van der Waals surface area (Å²) in [5.41, 5.74) is 5.53. The third-order valence-electron chi connectivity index (χ3n) is 4.34. The Kier molecular flexibility index (Phi) is 8.09. The first-order valence-corrected chi connectivity index (χ1v) is 10.9. The fourth-order valence-electron chi connectivity index (χ4n) is 2.68. The van der Waals surface area contributed by atoms with Crippen molar-refractivity contribution in [2.24, 2.45) is 5.92 Å². The summed E-state index contributed by atoms with van der Waals surface area (Å²) in [6.07, 6.45) is 1.11. The van der Waals surface area contributed by atoms with E-state index in [1.54, 1.807) is 36.4 Å². The van der Waals surface area contributed by atoms with Crippen LogP contribution >= 0.6 is 15.9 Å². The molecule has 0 atom stereocenters. The Balaban J connectivity index is 1.73. The zero-order valence-corrected chi connectivity index (χ0v) is 19.8. The molecule has 11 nitrogen and oxygen atoms in total. The maximum atomic E-state index is 12.3. The molecule has 0 saturated heterocycles. The molecule has 0 radical (unpaired) electrons. The van der Waals surface area contributed by atoms with Crippen LogP contribution in [0.15, 0.2) is 59.3 Å². The van der Waals surface area contributed by atoms with Crippen molar-refractivity contribution >= 4 is 50.8 Å². The minimum absolute atomic E-state index is 0.101. The Morgan fingerprint density at radius 2 is 1.65 bits per heavy atom. The predicted octanol–water partition coefficient (Wildman–Crippen LogP) is 4.46. The van der Waals surface area contributed by atoms with Gasteiger partial charge >= 0.3 is 11.7 Å². The molecule has 3 rings (SSSR count). The quantitative estimate of drug-likeness (QED) is 0.208. The van der Waals surface area contributed by atoms with Crippen molar-refractivity contribution in [2.75, 3.05) is 17.3 Å². The topological polar surface area (TPSA) is 148 Å². The molecule has 3 aromatic rings. The molecular formula is C22H21BrN6O5. The number of hydrazine groups is 1. The number of nitrogens with one attached hydrogen (secondary N) is 3. The first-order valence-electron chi connectivity index (χ1n) is 10.1. The number of amides is 1. The van der Waals surface area contributed by atoms with E-state index in [1.165, 1.54) is 12.1 Å². The minimum Gasteiger partial charge on any atom is -0.462 e. The molecule has 1 heterocycles. The molecular weight excluding hydrogens is 508 g/mol. The average Bonchev–Trinajstić information content (AvgIpc) is 2.81. The average molecular weight is 529 g/mol. The SMILES string of the molecule is CC(C)COC(=O)c1ccc(Nc2ncnc(NNC(=O)c3ccc(Br)cc3)c2[N+](=O)[O-])cc1. The molecule has 0 unspecified atom stereocenters. The van der Waals surface area contributed by atoms with Crippen LogP contribution in [0.1, 0.15) is 34.6 Å². The molecule has 0 aliphatic heterocycles. The summed E-state index contributed by atoms with van der Waals surface area (Å²) < 4.78 is 5.99. The molecule has 0 saturated carbocycles. The zero-order valence-electron chi connectivity index (χ0n) is 18.2. The summed E-state index contributed by atoms with van der Waals surface area (Å²) in [7, 11) is 0. The van der Waals surface area contributed by atoms with Gasteiger partial charge in [0.25, 0.3) is 5.91 Å². The van der Waals surface area contributed by atoms with Crippen LogP contribution in [0.2, 0.25) is 0 Å². The third-order valence-corrected chi connectivity index (χ3v) is 4.87. The van der Waals surface area contributed by atoms with Gasteiger partial charge in [-0.25, -0.2) is 14.8 Å². The van der Waals surface area contributed by atoms with Crippen LogP contribution in [-0.4, -0.2) is 33.4 Å². The highest BCUT2D eigenvalue weighted by molar-refractivity contribution is 9.10. The minimum atomic E-state index is -0.673. The van der Waals surface area contributed by atoms with Gasteiger partial charge in [-0.2, -0.15) is 0 Å². The maximum absolute atomic E-state index is 12.3. The Labute approximate surface area is 203 Å². The Morgan fingerprint density at radius 3 is 2.26 bits per heavy atom. The van der Waals surface area contributed by atoms with Crippen molar-refractivity contribution in [3.8, 4) is 0 Å². The lowest BCUT2D eigenvalue weighted by Gasteiger charge is -2.11. The highest BCUT2D eigenvalue weighted by Gasteiger charge is 2.24. The van der Waals surface area contributed by atoms with E-state index in [-0.39, 0.29) is 17.6 Å². The first-order chi connectivity index (χ1) is 16.2. The van der Waals surface area contributed by atoms with Crippen molar-refractivity contribution in [1.82, 2.24) is 15.4 Å². The molecule has 1 aromatic heterocycles. The van der Waals surface area contributed by atoms with Crippen molar-refractivity contribution in [2.45, 2.75) is 13.8 Å². The lowest BCUT2D eigenvalue weighted by atomic mass is 10.2. The van der Waals surface area contributed by atoms with E-state index < -0.39 is 22.5 Å². The number of carbonyl (C=O) groups is 2. The van der Waals surface area contributed by atoms with Gasteiger partial charge in [0, 0.05) is 15.7 Å². The van der Waals surface area contributed by atoms with Gasteiger partial charge in [-0.3, -0.25) is 25.8 Å². The number of aromatic nitrogens is 2. The van der Waals surface area contributed by atoms with Crippen LogP contribution in [0, 0.1) is 16.0 Å². The van der Waals surface area contributed by atoms with Crippen LogP contribution in [-0.2, 0) is 4.74 Å². The predicted molar refractivity (Wildman–Crippen MR) is 129 cm³/mol. The van der Waals surface area contributed by atoms with Crippen molar-refractivity contribution in [1.29, 1.82) is 0 Å². The molecule has 34 heavy (non-hydrogen) atoms. The first kappa shape index (κ1) is 24.6. The number of ether oxygens (including phenoxy) is 1. The summed E-state index contributed by atoms with van der Waals surface area (Å²) in [5, 5.41) is 14.6. The second-order valence-corrected chi connectivity index (χ2v) is 8.37. The van der Waals surface area contributed by atoms with Crippen molar-refractivity contribution < 1.29 is 19.2 Å². The van der Waals surface area contributed by atoms with E-state index in [4.69, 9.17) is 4.74 Å². The van der Waals surface area contributed by atoms with Crippen LogP contribution in [0.5, 0.6) is 0 Å². The molecule has 2 aromatic carbocycles. The lowest BCUT2D eigenvalue weighted by Crippen LogP contribution is -2.30. The number of hydrogen-bond acceptors (Lipinski definition) is 9. The number of rotatable bonds is 9. The van der Waals surface area contributed by atoms with E-state index in [0.29, 0.717) is 23.4 Å². The molecule has 0 fully saturated rings. The largest absolute Gasteiger partial charge is 0.462 e. The maximum Gasteiger partial charge on any atom is 0.355 e. The molecule has 3 N–H and O–H groups in total. The van der Waals surface area contributed by atoms with E-state index in [2.05, 4.69) is 42.1 Å². The molecule has 0 aliphatic rings. The van der Waals surface area contributed by atoms with E-state index in [1.807, 2.05) is 13.8 Å². The Hall–Kier alpha value is -4.06. The van der Waals surface area contributed by atoms with Crippen LogP contribution < -0.4 is 16.2 Å². The number of anilines is 3. The summed E-state index contributed by atoms with van der Waals surface area (Å²) in [6, 6.07) is 12.8. The van der Waals surface area contributed by atoms with Gasteiger partial charge < -0.3 is 10.1 Å². The Morgan fingerprint density at radius 1 is 1.03 bits per heavy atom. The fraction of sp³-hybridized carbons (Fsp3) is 0.182. The summed E-state index contributed by atoms with van der Waals surface area (Å²) in [6.45, 7) is 4.18. The van der Waals surface area contributed by atoms with E-state index in [0.717, 1.165) is 10.8 Å². The molecule has 0 aliphatic carbocycles. The van der Waals surface area contributed by atoms with Gasteiger partial charge in [-0.1, -0.05) is 29.8 Å². The van der Waals surface area contributed by atoms with Crippen molar-refractivity contribution in [3.63, 3.8) is 0 Å². The van der Waals surface area contributed by atoms with Crippen LogP contribution in [0.4, 0.5) is 23.0 Å². The van der Waals surface area contributed by atoms with Crippen LogP contribution in [0.25, 0.3) is 0 Å². The smallest absolute Gasteiger partial charge is 0.355 e. The number of benzene rings is 2. The number of esters is 1. The van der Waals surface area contributed by atoms with Gasteiger partial charge in [0.15, 0.2) is 0 Å². The van der Waals surface area contributed by atoms with Gasteiger partial charge in [0.05, 0.1) is 17.1 Å². The number of nitro groups is 1. The molecule has 176 valence electrons. The fourth-order valence-corrected chi connectivity index (χ4v) is 2.94. The van der Waals surface area contributed by atoms with E-state index in [9.17, 15) is 19.7 Å². The van der Waals surface area contributed by atoms with Gasteiger partial charge in [0.1, 0.15) is 6.33 Å². The molecule has 1 amide bonds. The summed E-state index contributed by atoms with van der Waals surface area (Å²) >= 11 is 3.28. The van der Waals surface area contributed by atoms with Gasteiger partial charge in [-0.15, -0.1) is 0 Å². The van der Waals surface area contributed by atoms with Gasteiger partial charge in [-0.05, 0) is 54.4 Å². The standard InChI is InChI=1S/C22H21BrN6O5/c1-13(2)11-34-22(31)15-5-9-17(10-6-15)26-19-18(29(32)33)20(25-12-24-19)27-28-21(30)14-3-7-16(23)8-4-14/h3-10,12-13H,11H2,1-2H3,(H,28,30)(H2,24,25,26,27). The highest BCUT2D eigenvalue weighted by Crippen LogP contribution is 2.30. The zero-order chi connectivity index (χ0) is 24.7. The normalized spacial score (nSPS) is 10.5. The van der Waals surface area contributed by atoms with Gasteiger partial charge in [0.2, 0.25) is 11.6 Å². The molecule has 12 heteroatoms. The number of halogens is 1. The van der Waals surface area contributed by atoms with Crippen LogP contribution in [0.3, 0.4) is 0 Å². The monoisotopic (exact) mass is 528 g/mol. The molecule has 0 bridgehead atoms. The second-order valence-electron chi connectivity index (χ2n) is 7.46. The third kappa shape index (κ3) is 6.48. The summed E-state index contributed by atoms with van der Waals surface area (Å²) in [5.74, 6) is -1.06. The molecule has 0 spiro atoms. The number of hydrogen-bond donors (Lipinski definition) is 3. The lowest BCUT2D eigenvalue weighted by molar-refractivity contribution is -0.383. The number of nitrogens with zero attached hydrogens (tertiary/aromatic N) is 3. The van der Waals surface area contributed by atoms with E-state index >= 15 is 0 Å². The number of carbonyl (C=O) groups excluding carboxylic acids is 2. The summed E-state index contributed by atoms with van der Waals surface area (Å²) in [4.78, 5) is 43.2. The highest BCUT2D eigenvalue weighted by atomic mass is 79.9. The van der Waals surface area contributed by atoms with Crippen molar-refractivity contribution in [3.05, 3.63) is 80.6 Å². The second kappa shape index (κ2) is 11.2.